The van der Waals surface area contributed by atoms with Crippen molar-refractivity contribution in [1.29, 1.82) is 0 Å². The first-order valence-electron chi connectivity index (χ1n) is 39.1. The second-order valence-electron chi connectivity index (χ2n) is 27.5. The van der Waals surface area contributed by atoms with Gasteiger partial charge in [-0.15, -0.1) is 0 Å². The van der Waals surface area contributed by atoms with Crippen molar-refractivity contribution in [2.75, 3.05) is 39.6 Å². The predicted octanol–water partition coefficient (Wildman–Crippen LogP) is 22.1. The van der Waals surface area contributed by atoms with E-state index in [9.17, 15) is 43.2 Å². The smallest absolute Gasteiger partial charge is 0.462 e. The number of esters is 4. The maximum Gasteiger partial charge on any atom is 0.472 e. The summed E-state index contributed by atoms with van der Waals surface area (Å²) < 4.78 is 68.4. The zero-order chi connectivity index (χ0) is 69.1. The van der Waals surface area contributed by atoms with Gasteiger partial charge in [-0.1, -0.05) is 343 Å². The van der Waals surface area contributed by atoms with Gasteiger partial charge < -0.3 is 33.8 Å². The van der Waals surface area contributed by atoms with Crippen LogP contribution in [0, 0.1) is 5.92 Å². The van der Waals surface area contributed by atoms with E-state index in [2.05, 4.69) is 34.6 Å². The first kappa shape index (κ1) is 92.1. The van der Waals surface area contributed by atoms with Crippen LogP contribution < -0.4 is 0 Å². The molecule has 0 amide bonds. The van der Waals surface area contributed by atoms with Crippen molar-refractivity contribution in [3.05, 3.63) is 0 Å². The summed E-state index contributed by atoms with van der Waals surface area (Å²) in [7, 11) is -9.90. The summed E-state index contributed by atoms with van der Waals surface area (Å²) in [5.41, 5.74) is 0. The second-order valence-corrected chi connectivity index (χ2v) is 30.4. The van der Waals surface area contributed by atoms with Gasteiger partial charge in [0.15, 0.2) is 12.2 Å². The van der Waals surface area contributed by atoms with Crippen molar-refractivity contribution in [3.63, 3.8) is 0 Å². The highest BCUT2D eigenvalue weighted by molar-refractivity contribution is 7.47. The molecule has 3 N–H and O–H groups in total. The molecule has 0 radical (unpaired) electrons. The Morgan fingerprint density at radius 2 is 0.489 bits per heavy atom. The molecule has 0 fully saturated rings. The van der Waals surface area contributed by atoms with Crippen molar-refractivity contribution in [2.45, 2.75) is 412 Å². The number of aliphatic hydroxyl groups excluding tert-OH is 1. The summed E-state index contributed by atoms with van der Waals surface area (Å²) in [6.45, 7) is 7.27. The molecule has 0 aliphatic heterocycles. The third kappa shape index (κ3) is 68.6. The molecule has 0 aromatic carbocycles. The van der Waals surface area contributed by atoms with Gasteiger partial charge in [-0.25, -0.2) is 9.13 Å². The van der Waals surface area contributed by atoms with E-state index >= 15 is 0 Å². The summed E-state index contributed by atoms with van der Waals surface area (Å²) in [5, 5.41) is 10.6. The molecule has 94 heavy (non-hydrogen) atoms. The average Bonchev–Trinajstić information content (AvgIpc) is 1.60. The number of aliphatic hydroxyl groups is 1. The lowest BCUT2D eigenvalue weighted by Crippen LogP contribution is -2.30. The molecule has 2 unspecified atom stereocenters. The van der Waals surface area contributed by atoms with Gasteiger partial charge in [0.1, 0.15) is 19.3 Å². The number of hydrogen-bond donors (Lipinski definition) is 3. The van der Waals surface area contributed by atoms with Crippen LogP contribution in [0.2, 0.25) is 0 Å². The fraction of sp³-hybridized carbons (Fsp3) is 0.947. The maximum absolute atomic E-state index is 13.1. The van der Waals surface area contributed by atoms with E-state index in [0.717, 1.165) is 109 Å². The molecule has 0 saturated heterocycles. The molecule has 0 bridgehead atoms. The molecule has 0 spiro atoms. The summed E-state index contributed by atoms with van der Waals surface area (Å²) in [5.74, 6) is -1.32. The standard InChI is InChI=1S/C75H146O17P2/c1-6-9-12-15-18-20-22-24-25-26-27-32-35-39-44-49-54-59-73(78)86-65-71(92-75(80)61-56-51-46-41-37-33-29-28-31-34-38-43-47-52-57-68(4)5)67-90-94(83,84)88-63-69(76)62-87-93(81,82)89-66-70(64-85-72(77)58-53-48-42-17-14-11-8-3)91-74(79)60-55-50-45-40-36-30-23-21-19-16-13-10-7-2/h68-71,76H,6-67H2,1-5H3,(H,81,82)(H,83,84)/t69-,70+,71+/m0/s1. The number of phosphoric acid groups is 2. The molecule has 17 nitrogen and oxygen atoms in total. The summed E-state index contributed by atoms with van der Waals surface area (Å²) in [6.07, 6.45) is 56.9. The fourth-order valence-electron chi connectivity index (χ4n) is 11.5. The summed E-state index contributed by atoms with van der Waals surface area (Å²) in [6, 6.07) is 0. The molecule has 0 rings (SSSR count). The van der Waals surface area contributed by atoms with Crippen molar-refractivity contribution >= 4 is 39.5 Å². The average molecular weight is 1380 g/mol. The van der Waals surface area contributed by atoms with Crippen molar-refractivity contribution in [1.82, 2.24) is 0 Å². The molecule has 0 aliphatic rings. The van der Waals surface area contributed by atoms with Gasteiger partial charge in [0, 0.05) is 25.7 Å². The SMILES string of the molecule is CCCCCCCCCCCCCCCCCCCC(=O)OC[C@H](COP(=O)(O)OC[C@@H](O)COP(=O)(O)OC[C@@H](COC(=O)CCCCCCCCC)OC(=O)CCCCCCCCCCCCCCC)OC(=O)CCCCCCCCCCCCCCCCC(C)C. The van der Waals surface area contributed by atoms with Crippen LogP contribution in [0.1, 0.15) is 394 Å². The van der Waals surface area contributed by atoms with E-state index in [1.165, 1.54) is 205 Å². The molecule has 19 heteroatoms. The largest absolute Gasteiger partial charge is 0.472 e. The predicted molar refractivity (Wildman–Crippen MR) is 382 cm³/mol. The van der Waals surface area contributed by atoms with Crippen molar-refractivity contribution in [3.8, 4) is 0 Å². The van der Waals surface area contributed by atoms with Crippen LogP contribution in [0.15, 0.2) is 0 Å². The van der Waals surface area contributed by atoms with Crippen molar-refractivity contribution < 1.29 is 80.2 Å². The van der Waals surface area contributed by atoms with Crippen LogP contribution in [0.25, 0.3) is 0 Å². The molecule has 0 heterocycles. The van der Waals surface area contributed by atoms with Gasteiger partial charge in [0.2, 0.25) is 0 Å². The van der Waals surface area contributed by atoms with Gasteiger partial charge in [0.25, 0.3) is 0 Å². The summed E-state index contributed by atoms with van der Waals surface area (Å²) >= 11 is 0. The summed E-state index contributed by atoms with van der Waals surface area (Å²) in [4.78, 5) is 72.6. The lowest BCUT2D eigenvalue weighted by Gasteiger charge is -2.21. The minimum atomic E-state index is -4.96. The van der Waals surface area contributed by atoms with E-state index < -0.39 is 97.5 Å². The first-order valence-corrected chi connectivity index (χ1v) is 42.1. The highest BCUT2D eigenvalue weighted by atomic mass is 31.2. The Kier molecular flexibility index (Phi) is 66.8. The number of phosphoric ester groups is 2. The lowest BCUT2D eigenvalue weighted by atomic mass is 10.0. The Morgan fingerprint density at radius 1 is 0.287 bits per heavy atom. The number of rotatable bonds is 75. The maximum atomic E-state index is 13.1. The highest BCUT2D eigenvalue weighted by Crippen LogP contribution is 2.45. The third-order valence-corrected chi connectivity index (χ3v) is 19.4. The highest BCUT2D eigenvalue weighted by Gasteiger charge is 2.30. The molecule has 5 atom stereocenters. The van der Waals surface area contributed by atoms with Gasteiger partial charge in [-0.3, -0.25) is 37.3 Å². The zero-order valence-corrected chi connectivity index (χ0v) is 62.9. The van der Waals surface area contributed by atoms with Gasteiger partial charge in [-0.2, -0.15) is 0 Å². The van der Waals surface area contributed by atoms with Crippen LogP contribution in [-0.4, -0.2) is 96.7 Å². The van der Waals surface area contributed by atoms with E-state index in [-0.39, 0.29) is 25.7 Å². The topological polar surface area (TPSA) is 237 Å². The lowest BCUT2D eigenvalue weighted by molar-refractivity contribution is -0.161. The Labute approximate surface area is 575 Å². The number of unbranched alkanes of at least 4 members (excludes halogenated alkanes) is 47. The van der Waals surface area contributed by atoms with E-state index in [1.54, 1.807) is 0 Å². The van der Waals surface area contributed by atoms with Gasteiger partial charge in [0.05, 0.1) is 26.4 Å². The first-order chi connectivity index (χ1) is 45.5. The Balaban J connectivity index is 5.19. The molecule has 0 aliphatic carbocycles. The number of carbonyl (C=O) groups is 4. The Hall–Kier alpha value is -1.94. The molecule has 0 saturated carbocycles. The Morgan fingerprint density at radius 3 is 0.723 bits per heavy atom. The zero-order valence-electron chi connectivity index (χ0n) is 61.1. The van der Waals surface area contributed by atoms with E-state index in [0.29, 0.717) is 25.7 Å². The number of ether oxygens (including phenoxy) is 4. The molecular weight excluding hydrogens is 1230 g/mol. The van der Waals surface area contributed by atoms with E-state index in [1.807, 2.05) is 0 Å². The van der Waals surface area contributed by atoms with Crippen LogP contribution in [-0.2, 0) is 65.4 Å². The van der Waals surface area contributed by atoms with Crippen LogP contribution >= 0.6 is 15.6 Å². The van der Waals surface area contributed by atoms with Gasteiger partial charge in [-0.05, 0) is 31.6 Å². The minimum Gasteiger partial charge on any atom is -0.462 e. The van der Waals surface area contributed by atoms with Crippen LogP contribution in [0.5, 0.6) is 0 Å². The van der Waals surface area contributed by atoms with E-state index in [4.69, 9.17) is 37.0 Å². The quantitative estimate of drug-likeness (QED) is 0.0222. The number of hydrogen-bond acceptors (Lipinski definition) is 15. The Bertz CT molecular complexity index is 1810. The second kappa shape index (κ2) is 68.2. The van der Waals surface area contributed by atoms with Crippen LogP contribution in [0.3, 0.4) is 0 Å². The van der Waals surface area contributed by atoms with Crippen LogP contribution in [0.4, 0.5) is 0 Å². The third-order valence-electron chi connectivity index (χ3n) is 17.5. The monoisotopic (exact) mass is 1380 g/mol. The number of carbonyl (C=O) groups excluding carboxylic acids is 4. The molecule has 0 aromatic heterocycles. The van der Waals surface area contributed by atoms with Crippen molar-refractivity contribution in [2.24, 2.45) is 5.92 Å². The fourth-order valence-corrected chi connectivity index (χ4v) is 13.1. The minimum absolute atomic E-state index is 0.108. The normalized spacial score (nSPS) is 14.0. The molecular formula is C75H146O17P2. The molecule has 0 aromatic rings. The van der Waals surface area contributed by atoms with Gasteiger partial charge >= 0.3 is 39.5 Å². The molecule has 558 valence electrons.